The standard InChI is InChI=1S/C23H24N6O2/c1-16-6-2-3-7-17(16)15-21-24-23(26-31-21)18-8-9-20-19(14-18)25-27-29(20)13-10-22(30)28-11-4-5-12-28/h2-3,6-9,14H,4-5,10-13,15H2,1H3. The largest absolute Gasteiger partial charge is 0.343 e. The molecule has 1 fully saturated rings. The lowest BCUT2D eigenvalue weighted by Crippen LogP contribution is -2.28. The molecule has 8 nitrogen and oxygen atoms in total. The molecule has 0 unspecified atom stereocenters. The fourth-order valence-electron chi connectivity index (χ4n) is 4.02. The molecule has 2 aromatic heterocycles. The van der Waals surface area contributed by atoms with Gasteiger partial charge in [0.2, 0.25) is 17.6 Å². The summed E-state index contributed by atoms with van der Waals surface area (Å²) < 4.78 is 7.25. The monoisotopic (exact) mass is 416 g/mol. The molecule has 1 aliphatic rings. The Morgan fingerprint density at radius 1 is 1.13 bits per heavy atom. The molecule has 1 aliphatic heterocycles. The molecule has 5 rings (SSSR count). The summed E-state index contributed by atoms with van der Waals surface area (Å²) in [5.74, 6) is 1.29. The van der Waals surface area contributed by atoms with Gasteiger partial charge in [0, 0.05) is 25.1 Å². The minimum Gasteiger partial charge on any atom is -0.343 e. The molecule has 1 amide bonds. The van der Waals surface area contributed by atoms with Crippen LogP contribution in [0.15, 0.2) is 47.0 Å². The van der Waals surface area contributed by atoms with E-state index < -0.39 is 0 Å². The zero-order valence-electron chi connectivity index (χ0n) is 17.5. The minimum absolute atomic E-state index is 0.186. The number of nitrogens with zero attached hydrogens (tertiary/aromatic N) is 6. The molecule has 2 aromatic carbocycles. The van der Waals surface area contributed by atoms with E-state index in [1.807, 2.05) is 35.2 Å². The van der Waals surface area contributed by atoms with Crippen molar-refractivity contribution in [1.82, 2.24) is 30.0 Å². The Bertz CT molecular complexity index is 1220. The van der Waals surface area contributed by atoms with Crippen LogP contribution in [0.1, 0.15) is 36.3 Å². The second-order valence-electron chi connectivity index (χ2n) is 7.97. The van der Waals surface area contributed by atoms with Crippen LogP contribution in [0.2, 0.25) is 0 Å². The van der Waals surface area contributed by atoms with Gasteiger partial charge in [0.15, 0.2) is 0 Å². The van der Waals surface area contributed by atoms with Crippen molar-refractivity contribution in [3.8, 4) is 11.4 Å². The van der Waals surface area contributed by atoms with E-state index in [1.54, 1.807) is 4.68 Å². The van der Waals surface area contributed by atoms with Gasteiger partial charge >= 0.3 is 0 Å². The Kier molecular flexibility index (Phi) is 5.19. The Hall–Kier alpha value is -3.55. The molecule has 0 bridgehead atoms. The SMILES string of the molecule is Cc1ccccc1Cc1nc(-c2ccc3c(c2)nnn3CCC(=O)N2CCCC2)no1. The average Bonchev–Trinajstić information content (AvgIpc) is 3.54. The third-order valence-corrected chi connectivity index (χ3v) is 5.84. The molecule has 4 aromatic rings. The third-order valence-electron chi connectivity index (χ3n) is 5.84. The number of hydrogen-bond donors (Lipinski definition) is 0. The molecule has 0 radical (unpaired) electrons. The molecule has 8 heteroatoms. The highest BCUT2D eigenvalue weighted by Crippen LogP contribution is 2.22. The van der Waals surface area contributed by atoms with Crippen LogP contribution in [0, 0.1) is 6.92 Å². The van der Waals surface area contributed by atoms with E-state index in [4.69, 9.17) is 4.52 Å². The molecular weight excluding hydrogens is 392 g/mol. The predicted molar refractivity (Wildman–Crippen MR) is 115 cm³/mol. The molecule has 1 saturated heterocycles. The number of hydrogen-bond acceptors (Lipinski definition) is 6. The molecular formula is C23H24N6O2. The molecule has 0 saturated carbocycles. The zero-order chi connectivity index (χ0) is 21.2. The summed E-state index contributed by atoms with van der Waals surface area (Å²) in [5, 5.41) is 12.6. The highest BCUT2D eigenvalue weighted by molar-refractivity contribution is 5.80. The number of carbonyl (C=O) groups is 1. The first-order chi connectivity index (χ1) is 15.2. The summed E-state index contributed by atoms with van der Waals surface area (Å²) in [4.78, 5) is 18.8. The molecule has 0 spiro atoms. The zero-order valence-corrected chi connectivity index (χ0v) is 17.5. The molecule has 158 valence electrons. The van der Waals surface area contributed by atoms with Crippen LogP contribution in [0.4, 0.5) is 0 Å². The van der Waals surface area contributed by atoms with Gasteiger partial charge in [-0.2, -0.15) is 4.98 Å². The smallest absolute Gasteiger partial charge is 0.231 e. The topological polar surface area (TPSA) is 89.9 Å². The van der Waals surface area contributed by atoms with E-state index in [2.05, 4.69) is 39.5 Å². The Balaban J connectivity index is 1.30. The van der Waals surface area contributed by atoms with E-state index >= 15 is 0 Å². The van der Waals surface area contributed by atoms with Gasteiger partial charge in [-0.05, 0) is 49.1 Å². The van der Waals surface area contributed by atoms with E-state index in [0.29, 0.717) is 31.1 Å². The lowest BCUT2D eigenvalue weighted by atomic mass is 10.1. The van der Waals surface area contributed by atoms with Crippen molar-refractivity contribution in [3.05, 3.63) is 59.5 Å². The minimum atomic E-state index is 0.186. The second kappa shape index (κ2) is 8.29. The average molecular weight is 416 g/mol. The highest BCUT2D eigenvalue weighted by atomic mass is 16.5. The lowest BCUT2D eigenvalue weighted by molar-refractivity contribution is -0.130. The van der Waals surface area contributed by atoms with Crippen LogP contribution >= 0.6 is 0 Å². The summed E-state index contributed by atoms with van der Waals surface area (Å²) in [6, 6.07) is 14.0. The number of amides is 1. The van der Waals surface area contributed by atoms with Crippen molar-refractivity contribution >= 4 is 16.9 Å². The maximum absolute atomic E-state index is 12.3. The number of aryl methyl sites for hydroxylation is 2. The quantitative estimate of drug-likeness (QED) is 0.479. The number of carbonyl (C=O) groups excluding carboxylic acids is 1. The summed E-state index contributed by atoms with van der Waals surface area (Å²) in [6.45, 7) is 4.34. The van der Waals surface area contributed by atoms with E-state index in [0.717, 1.165) is 42.5 Å². The van der Waals surface area contributed by atoms with Crippen LogP contribution < -0.4 is 0 Å². The van der Waals surface area contributed by atoms with Crippen LogP contribution in [0.3, 0.4) is 0 Å². The van der Waals surface area contributed by atoms with E-state index in [-0.39, 0.29) is 5.91 Å². The first-order valence-electron chi connectivity index (χ1n) is 10.7. The van der Waals surface area contributed by atoms with Crippen molar-refractivity contribution in [2.24, 2.45) is 0 Å². The normalized spacial score (nSPS) is 13.9. The predicted octanol–water partition coefficient (Wildman–Crippen LogP) is 3.39. The van der Waals surface area contributed by atoms with Crippen molar-refractivity contribution in [1.29, 1.82) is 0 Å². The fourth-order valence-corrected chi connectivity index (χ4v) is 4.02. The number of benzene rings is 2. The van der Waals surface area contributed by atoms with Gasteiger partial charge in [-0.1, -0.05) is 34.6 Å². The van der Waals surface area contributed by atoms with Crippen molar-refractivity contribution in [3.63, 3.8) is 0 Å². The molecule has 31 heavy (non-hydrogen) atoms. The van der Waals surface area contributed by atoms with Crippen LogP contribution in [0.25, 0.3) is 22.4 Å². The van der Waals surface area contributed by atoms with Gasteiger partial charge in [-0.3, -0.25) is 4.79 Å². The summed E-state index contributed by atoms with van der Waals surface area (Å²) in [7, 11) is 0. The summed E-state index contributed by atoms with van der Waals surface area (Å²) in [5.41, 5.74) is 4.83. The molecule has 0 atom stereocenters. The van der Waals surface area contributed by atoms with E-state index in [1.165, 1.54) is 11.1 Å². The lowest BCUT2D eigenvalue weighted by Gasteiger charge is -2.14. The highest BCUT2D eigenvalue weighted by Gasteiger charge is 2.18. The number of fused-ring (bicyclic) bond motifs is 1. The molecule has 0 aliphatic carbocycles. The van der Waals surface area contributed by atoms with Crippen LogP contribution in [-0.4, -0.2) is 49.0 Å². The third kappa shape index (κ3) is 4.05. The van der Waals surface area contributed by atoms with Gasteiger partial charge in [0.05, 0.1) is 18.5 Å². The van der Waals surface area contributed by atoms with Gasteiger partial charge in [-0.25, -0.2) is 4.68 Å². The number of rotatable bonds is 6. The van der Waals surface area contributed by atoms with Crippen molar-refractivity contribution < 1.29 is 9.32 Å². The van der Waals surface area contributed by atoms with Crippen LogP contribution in [-0.2, 0) is 17.8 Å². The Morgan fingerprint density at radius 3 is 2.81 bits per heavy atom. The Morgan fingerprint density at radius 2 is 1.97 bits per heavy atom. The fraction of sp³-hybridized carbons (Fsp3) is 0.348. The molecule has 3 heterocycles. The van der Waals surface area contributed by atoms with E-state index in [9.17, 15) is 4.79 Å². The first kappa shape index (κ1) is 19.4. The van der Waals surface area contributed by atoms with Crippen LogP contribution in [0.5, 0.6) is 0 Å². The van der Waals surface area contributed by atoms with Gasteiger partial charge in [-0.15, -0.1) is 5.10 Å². The van der Waals surface area contributed by atoms with Gasteiger partial charge in [0.25, 0.3) is 0 Å². The Labute approximate surface area is 179 Å². The first-order valence-corrected chi connectivity index (χ1v) is 10.7. The summed E-state index contributed by atoms with van der Waals surface area (Å²) >= 11 is 0. The summed E-state index contributed by atoms with van der Waals surface area (Å²) in [6.07, 6.45) is 3.24. The van der Waals surface area contributed by atoms with Gasteiger partial charge < -0.3 is 9.42 Å². The number of aromatic nitrogens is 5. The van der Waals surface area contributed by atoms with Crippen molar-refractivity contribution in [2.45, 2.75) is 39.2 Å². The maximum atomic E-state index is 12.3. The second-order valence-corrected chi connectivity index (χ2v) is 7.97. The maximum Gasteiger partial charge on any atom is 0.231 e. The number of likely N-dealkylation sites (tertiary alicyclic amines) is 1. The van der Waals surface area contributed by atoms with Crippen molar-refractivity contribution in [2.75, 3.05) is 13.1 Å². The molecule has 0 N–H and O–H groups in total. The van der Waals surface area contributed by atoms with Gasteiger partial charge in [0.1, 0.15) is 5.52 Å².